The van der Waals surface area contributed by atoms with Crippen molar-refractivity contribution in [2.75, 3.05) is 10.6 Å². The van der Waals surface area contributed by atoms with Crippen LogP contribution in [-0.4, -0.2) is 14.9 Å². The Morgan fingerprint density at radius 1 is 1.12 bits per heavy atom. The molecule has 0 aliphatic carbocycles. The van der Waals surface area contributed by atoms with Gasteiger partial charge in [0.25, 0.3) is 0 Å². The summed E-state index contributed by atoms with van der Waals surface area (Å²) in [5.41, 5.74) is 4.11. The molecule has 3 aromatic rings. The number of aryl methyl sites for hydroxylation is 1. The number of halogens is 1. The summed E-state index contributed by atoms with van der Waals surface area (Å²) in [5.74, 6) is 0. The molecule has 0 atom stereocenters. The van der Waals surface area contributed by atoms with Crippen molar-refractivity contribution in [2.24, 2.45) is 0 Å². The lowest BCUT2D eigenvalue weighted by molar-refractivity contribution is 0.687. The van der Waals surface area contributed by atoms with Gasteiger partial charge in [0.1, 0.15) is 0 Å². The van der Waals surface area contributed by atoms with Gasteiger partial charge in [-0.05, 0) is 54.5 Å². The number of anilines is 2. The highest BCUT2D eigenvalue weighted by Crippen LogP contribution is 2.13. The summed E-state index contributed by atoms with van der Waals surface area (Å²) in [6, 6.07) is 15.8. The van der Waals surface area contributed by atoms with Crippen molar-refractivity contribution in [2.45, 2.75) is 13.5 Å². The SMILES string of the molecule is Cc1cccc(NC(=S)Nc2cnn(Cc3ccc(Cl)cc3)c2)c1. The molecule has 0 spiro atoms. The van der Waals surface area contributed by atoms with Crippen LogP contribution in [0.1, 0.15) is 11.1 Å². The van der Waals surface area contributed by atoms with Gasteiger partial charge in [0, 0.05) is 16.9 Å². The Morgan fingerprint density at radius 3 is 2.62 bits per heavy atom. The van der Waals surface area contributed by atoms with Crippen LogP contribution < -0.4 is 10.6 Å². The zero-order chi connectivity index (χ0) is 16.9. The second kappa shape index (κ2) is 7.47. The van der Waals surface area contributed by atoms with Gasteiger partial charge in [0.15, 0.2) is 5.11 Å². The van der Waals surface area contributed by atoms with Crippen LogP contribution in [0.2, 0.25) is 5.02 Å². The number of nitrogens with one attached hydrogen (secondary N) is 2. The number of hydrogen-bond acceptors (Lipinski definition) is 2. The van der Waals surface area contributed by atoms with E-state index in [9.17, 15) is 0 Å². The second-order valence-corrected chi connectivity index (χ2v) is 6.35. The first-order valence-electron chi connectivity index (χ1n) is 7.50. The van der Waals surface area contributed by atoms with E-state index in [0.29, 0.717) is 11.7 Å². The minimum absolute atomic E-state index is 0.534. The molecule has 0 unspecified atom stereocenters. The van der Waals surface area contributed by atoms with Crippen LogP contribution >= 0.6 is 23.8 Å². The van der Waals surface area contributed by atoms with Crippen LogP contribution in [0.15, 0.2) is 60.9 Å². The first kappa shape index (κ1) is 16.5. The third-order valence-electron chi connectivity index (χ3n) is 3.42. The summed E-state index contributed by atoms with van der Waals surface area (Å²) in [6.07, 6.45) is 3.67. The summed E-state index contributed by atoms with van der Waals surface area (Å²) in [7, 11) is 0. The third-order valence-corrected chi connectivity index (χ3v) is 3.88. The molecular formula is C18H17ClN4S. The average Bonchev–Trinajstić information content (AvgIpc) is 2.96. The molecule has 0 radical (unpaired) electrons. The Kier molecular flexibility index (Phi) is 5.13. The van der Waals surface area contributed by atoms with Crippen LogP contribution in [0.3, 0.4) is 0 Å². The molecule has 0 aliphatic rings. The summed E-state index contributed by atoms with van der Waals surface area (Å²) in [5, 5.41) is 11.9. The number of rotatable bonds is 4. The fraction of sp³-hybridized carbons (Fsp3) is 0.111. The van der Waals surface area contributed by atoms with Gasteiger partial charge in [-0.15, -0.1) is 0 Å². The first-order valence-corrected chi connectivity index (χ1v) is 8.29. The predicted octanol–water partition coefficient (Wildman–Crippen LogP) is 4.70. The Bertz CT molecular complexity index is 842. The molecule has 6 heteroatoms. The van der Waals surface area contributed by atoms with Crippen molar-refractivity contribution in [3.05, 3.63) is 77.1 Å². The molecular weight excluding hydrogens is 340 g/mol. The second-order valence-electron chi connectivity index (χ2n) is 5.50. The van der Waals surface area contributed by atoms with E-state index in [0.717, 1.165) is 22.0 Å². The van der Waals surface area contributed by atoms with E-state index in [1.54, 1.807) is 6.20 Å². The number of benzene rings is 2. The molecule has 0 bridgehead atoms. The van der Waals surface area contributed by atoms with Gasteiger partial charge >= 0.3 is 0 Å². The van der Waals surface area contributed by atoms with Crippen molar-refractivity contribution in [1.82, 2.24) is 9.78 Å². The zero-order valence-electron chi connectivity index (χ0n) is 13.2. The Labute approximate surface area is 151 Å². The van der Waals surface area contributed by atoms with Crippen molar-refractivity contribution in [3.63, 3.8) is 0 Å². The van der Waals surface area contributed by atoms with Gasteiger partial charge in [0.2, 0.25) is 0 Å². The highest BCUT2D eigenvalue weighted by atomic mass is 35.5. The number of aromatic nitrogens is 2. The summed E-state index contributed by atoms with van der Waals surface area (Å²) >= 11 is 11.2. The van der Waals surface area contributed by atoms with E-state index >= 15 is 0 Å². The summed E-state index contributed by atoms with van der Waals surface area (Å²) in [4.78, 5) is 0. The van der Waals surface area contributed by atoms with E-state index in [1.807, 2.05) is 66.3 Å². The lowest BCUT2D eigenvalue weighted by Gasteiger charge is -2.09. The quantitative estimate of drug-likeness (QED) is 0.665. The predicted molar refractivity (Wildman–Crippen MR) is 104 cm³/mol. The van der Waals surface area contributed by atoms with Crippen molar-refractivity contribution < 1.29 is 0 Å². The smallest absolute Gasteiger partial charge is 0.175 e. The molecule has 4 nitrogen and oxygen atoms in total. The Hall–Kier alpha value is -2.37. The van der Waals surface area contributed by atoms with Gasteiger partial charge in [-0.25, -0.2) is 0 Å². The monoisotopic (exact) mass is 356 g/mol. The number of nitrogens with zero attached hydrogens (tertiary/aromatic N) is 2. The minimum atomic E-state index is 0.534. The molecule has 3 rings (SSSR count). The van der Waals surface area contributed by atoms with Crippen molar-refractivity contribution >= 4 is 40.3 Å². The Balaban J connectivity index is 1.59. The molecule has 0 amide bonds. The van der Waals surface area contributed by atoms with Gasteiger partial charge in [0.05, 0.1) is 18.4 Å². The minimum Gasteiger partial charge on any atom is -0.332 e. The van der Waals surface area contributed by atoms with E-state index in [2.05, 4.69) is 15.7 Å². The number of hydrogen-bond donors (Lipinski definition) is 2. The van der Waals surface area contributed by atoms with E-state index in [4.69, 9.17) is 23.8 Å². The normalized spacial score (nSPS) is 10.4. The van der Waals surface area contributed by atoms with Crippen LogP contribution in [0.4, 0.5) is 11.4 Å². The van der Waals surface area contributed by atoms with Crippen molar-refractivity contribution in [1.29, 1.82) is 0 Å². The van der Waals surface area contributed by atoms with Crippen LogP contribution in [0, 0.1) is 6.92 Å². The standard InChI is InChI=1S/C18H17ClN4S/c1-13-3-2-4-16(9-13)21-18(24)22-17-10-20-23(12-17)11-14-5-7-15(19)8-6-14/h2-10,12H,11H2,1H3,(H2,21,22,24). The molecule has 2 N–H and O–H groups in total. The maximum absolute atomic E-state index is 5.90. The van der Waals surface area contributed by atoms with Crippen LogP contribution in [0.5, 0.6) is 0 Å². The highest BCUT2D eigenvalue weighted by molar-refractivity contribution is 7.80. The average molecular weight is 357 g/mol. The van der Waals surface area contributed by atoms with Gasteiger partial charge in [-0.1, -0.05) is 35.9 Å². The lowest BCUT2D eigenvalue weighted by Crippen LogP contribution is -2.18. The lowest BCUT2D eigenvalue weighted by atomic mass is 10.2. The van der Waals surface area contributed by atoms with Gasteiger partial charge < -0.3 is 10.6 Å². The Morgan fingerprint density at radius 2 is 1.88 bits per heavy atom. The summed E-state index contributed by atoms with van der Waals surface area (Å²) < 4.78 is 1.85. The third kappa shape index (κ3) is 4.57. The van der Waals surface area contributed by atoms with E-state index in [-0.39, 0.29) is 0 Å². The molecule has 2 aromatic carbocycles. The fourth-order valence-corrected chi connectivity index (χ4v) is 2.67. The number of thiocarbonyl (C=S) groups is 1. The fourth-order valence-electron chi connectivity index (χ4n) is 2.31. The molecule has 122 valence electrons. The summed E-state index contributed by atoms with van der Waals surface area (Å²) in [6.45, 7) is 2.72. The maximum Gasteiger partial charge on any atom is 0.175 e. The topological polar surface area (TPSA) is 41.9 Å². The van der Waals surface area contributed by atoms with Gasteiger partial charge in [-0.2, -0.15) is 5.10 Å². The van der Waals surface area contributed by atoms with Crippen molar-refractivity contribution in [3.8, 4) is 0 Å². The highest BCUT2D eigenvalue weighted by Gasteiger charge is 2.03. The molecule has 0 aliphatic heterocycles. The molecule has 0 saturated heterocycles. The molecule has 1 aromatic heterocycles. The van der Waals surface area contributed by atoms with E-state index in [1.165, 1.54) is 5.56 Å². The molecule has 0 saturated carbocycles. The molecule has 0 fully saturated rings. The zero-order valence-corrected chi connectivity index (χ0v) is 14.7. The van der Waals surface area contributed by atoms with Gasteiger partial charge in [-0.3, -0.25) is 4.68 Å². The first-order chi connectivity index (χ1) is 11.6. The van der Waals surface area contributed by atoms with E-state index < -0.39 is 0 Å². The van der Waals surface area contributed by atoms with Crippen LogP contribution in [0.25, 0.3) is 0 Å². The largest absolute Gasteiger partial charge is 0.332 e. The maximum atomic E-state index is 5.90. The molecule has 24 heavy (non-hydrogen) atoms. The molecule has 1 heterocycles. The van der Waals surface area contributed by atoms with Crippen LogP contribution in [-0.2, 0) is 6.54 Å².